The molecule has 18 heavy (non-hydrogen) atoms. The van der Waals surface area contributed by atoms with E-state index in [-0.39, 0.29) is 12.2 Å². The van der Waals surface area contributed by atoms with Gasteiger partial charge in [0, 0.05) is 19.9 Å². The Hall–Kier alpha value is -1.39. The molecule has 0 saturated carbocycles. The van der Waals surface area contributed by atoms with Crippen LogP contribution in [0.15, 0.2) is 30.3 Å². The van der Waals surface area contributed by atoms with Crippen LogP contribution in [0.3, 0.4) is 0 Å². The second kappa shape index (κ2) is 5.50. The molecule has 0 bridgehead atoms. The Balaban J connectivity index is 2.12. The second-order valence-corrected chi connectivity index (χ2v) is 4.59. The highest BCUT2D eigenvalue weighted by Gasteiger charge is 2.39. The summed E-state index contributed by atoms with van der Waals surface area (Å²) >= 11 is 0. The molecule has 1 heterocycles. The fraction of sp³-hybridized carbons (Fsp3) is 0.500. The zero-order valence-corrected chi connectivity index (χ0v) is 10.8. The second-order valence-electron chi connectivity index (χ2n) is 4.59. The molecule has 4 nitrogen and oxygen atoms in total. The van der Waals surface area contributed by atoms with Gasteiger partial charge in [-0.15, -0.1) is 0 Å². The molecule has 1 aliphatic rings. The van der Waals surface area contributed by atoms with Crippen LogP contribution in [0.25, 0.3) is 0 Å². The molecule has 1 fully saturated rings. The predicted molar refractivity (Wildman–Crippen MR) is 67.9 cm³/mol. The summed E-state index contributed by atoms with van der Waals surface area (Å²) in [6, 6.07) is 10.1. The van der Waals surface area contributed by atoms with E-state index in [2.05, 4.69) is 5.32 Å². The van der Waals surface area contributed by atoms with Crippen molar-refractivity contribution < 1.29 is 14.3 Å². The summed E-state index contributed by atoms with van der Waals surface area (Å²) in [7, 11) is 0. The maximum Gasteiger partial charge on any atom is 0.302 e. The van der Waals surface area contributed by atoms with Gasteiger partial charge in [0.1, 0.15) is 11.8 Å². The van der Waals surface area contributed by atoms with Gasteiger partial charge in [0.15, 0.2) is 0 Å². The zero-order valence-electron chi connectivity index (χ0n) is 10.8. The minimum absolute atomic E-state index is 0.0162. The van der Waals surface area contributed by atoms with Crippen LogP contribution < -0.4 is 5.32 Å². The van der Waals surface area contributed by atoms with E-state index in [4.69, 9.17) is 9.47 Å². The SMILES string of the molecule is CC(=O)OCCC1(c2ccccc2)CNC(C)O1. The largest absolute Gasteiger partial charge is 0.466 e. The number of esters is 1. The molecule has 2 atom stereocenters. The number of carbonyl (C=O) groups excluding carboxylic acids is 1. The average molecular weight is 249 g/mol. The summed E-state index contributed by atoms with van der Waals surface area (Å²) in [5.41, 5.74) is 0.727. The van der Waals surface area contributed by atoms with Gasteiger partial charge >= 0.3 is 5.97 Å². The summed E-state index contributed by atoms with van der Waals surface area (Å²) in [6.07, 6.45) is 0.677. The van der Waals surface area contributed by atoms with Gasteiger partial charge in [-0.25, -0.2) is 0 Å². The summed E-state index contributed by atoms with van der Waals surface area (Å²) in [5.74, 6) is -0.253. The van der Waals surface area contributed by atoms with Crippen LogP contribution in [0, 0.1) is 0 Å². The number of rotatable bonds is 4. The lowest BCUT2D eigenvalue weighted by atomic mass is 9.91. The average Bonchev–Trinajstić information content (AvgIpc) is 2.73. The van der Waals surface area contributed by atoms with E-state index < -0.39 is 5.60 Å². The standard InChI is InChI=1S/C14H19NO3/c1-11-15-10-14(18-11,8-9-17-12(2)16)13-6-4-3-5-7-13/h3-7,11,15H,8-10H2,1-2H3. The van der Waals surface area contributed by atoms with Crippen molar-refractivity contribution in [1.82, 2.24) is 5.32 Å². The van der Waals surface area contributed by atoms with Crippen molar-refractivity contribution in [3.8, 4) is 0 Å². The smallest absolute Gasteiger partial charge is 0.302 e. The van der Waals surface area contributed by atoms with Gasteiger partial charge in [0.25, 0.3) is 0 Å². The summed E-state index contributed by atoms with van der Waals surface area (Å²) in [6.45, 7) is 4.51. The van der Waals surface area contributed by atoms with Crippen molar-refractivity contribution in [3.05, 3.63) is 35.9 Å². The molecule has 1 aromatic rings. The van der Waals surface area contributed by atoms with Gasteiger partial charge in [-0.1, -0.05) is 30.3 Å². The molecule has 1 aliphatic heterocycles. The van der Waals surface area contributed by atoms with Crippen molar-refractivity contribution in [3.63, 3.8) is 0 Å². The topological polar surface area (TPSA) is 47.6 Å². The van der Waals surface area contributed by atoms with Crippen LogP contribution >= 0.6 is 0 Å². The fourth-order valence-corrected chi connectivity index (χ4v) is 2.29. The highest BCUT2D eigenvalue weighted by Crippen LogP contribution is 2.33. The van der Waals surface area contributed by atoms with E-state index in [9.17, 15) is 4.79 Å². The van der Waals surface area contributed by atoms with Crippen LogP contribution in [-0.2, 0) is 19.9 Å². The predicted octanol–water partition coefficient (Wildman–Crippen LogP) is 1.80. The number of benzene rings is 1. The number of hydrogen-bond donors (Lipinski definition) is 1. The van der Waals surface area contributed by atoms with E-state index in [0.29, 0.717) is 13.0 Å². The Kier molecular flexibility index (Phi) is 3.99. The first kappa shape index (κ1) is 13.1. The molecule has 2 rings (SSSR count). The Morgan fingerprint density at radius 2 is 2.22 bits per heavy atom. The molecule has 1 saturated heterocycles. The molecule has 98 valence electrons. The maximum absolute atomic E-state index is 10.8. The highest BCUT2D eigenvalue weighted by atomic mass is 16.5. The van der Waals surface area contributed by atoms with Gasteiger partial charge in [0.2, 0.25) is 0 Å². The van der Waals surface area contributed by atoms with Crippen LogP contribution in [0.1, 0.15) is 25.8 Å². The van der Waals surface area contributed by atoms with E-state index in [0.717, 1.165) is 12.1 Å². The minimum Gasteiger partial charge on any atom is -0.466 e. The molecule has 0 aliphatic carbocycles. The number of ether oxygens (including phenoxy) is 2. The fourth-order valence-electron chi connectivity index (χ4n) is 2.29. The number of carbonyl (C=O) groups is 1. The first-order valence-corrected chi connectivity index (χ1v) is 6.22. The lowest BCUT2D eigenvalue weighted by Crippen LogP contribution is -2.32. The summed E-state index contributed by atoms with van der Waals surface area (Å²) in [4.78, 5) is 10.8. The third-order valence-electron chi connectivity index (χ3n) is 3.19. The molecular weight excluding hydrogens is 230 g/mol. The Morgan fingerprint density at radius 1 is 1.50 bits per heavy atom. The van der Waals surface area contributed by atoms with Crippen molar-refractivity contribution >= 4 is 5.97 Å². The molecule has 0 radical (unpaired) electrons. The molecule has 0 spiro atoms. The number of nitrogens with one attached hydrogen (secondary N) is 1. The Bertz CT molecular complexity index is 407. The van der Waals surface area contributed by atoms with Crippen molar-refractivity contribution in [2.45, 2.75) is 32.1 Å². The van der Waals surface area contributed by atoms with E-state index in [1.807, 2.05) is 37.3 Å². The third-order valence-corrected chi connectivity index (χ3v) is 3.19. The Morgan fingerprint density at radius 3 is 2.78 bits per heavy atom. The third kappa shape index (κ3) is 2.89. The van der Waals surface area contributed by atoms with Crippen LogP contribution in [0.2, 0.25) is 0 Å². The molecule has 2 unspecified atom stereocenters. The molecular formula is C14H19NO3. The van der Waals surface area contributed by atoms with Crippen molar-refractivity contribution in [1.29, 1.82) is 0 Å². The summed E-state index contributed by atoms with van der Waals surface area (Å²) in [5, 5.41) is 3.28. The van der Waals surface area contributed by atoms with Gasteiger partial charge in [0.05, 0.1) is 6.61 Å². The van der Waals surface area contributed by atoms with Crippen molar-refractivity contribution in [2.24, 2.45) is 0 Å². The van der Waals surface area contributed by atoms with Crippen LogP contribution in [0.4, 0.5) is 0 Å². The van der Waals surface area contributed by atoms with Crippen LogP contribution in [0.5, 0.6) is 0 Å². The first-order chi connectivity index (χ1) is 8.62. The monoisotopic (exact) mass is 249 g/mol. The van der Waals surface area contributed by atoms with Crippen LogP contribution in [-0.4, -0.2) is 25.3 Å². The van der Waals surface area contributed by atoms with Gasteiger partial charge in [-0.3, -0.25) is 10.1 Å². The normalized spacial score (nSPS) is 27.1. The molecule has 0 amide bonds. The molecule has 0 aromatic heterocycles. The zero-order chi connectivity index (χ0) is 13.0. The maximum atomic E-state index is 10.8. The molecule has 4 heteroatoms. The van der Waals surface area contributed by atoms with E-state index >= 15 is 0 Å². The van der Waals surface area contributed by atoms with E-state index in [1.165, 1.54) is 6.92 Å². The lowest BCUT2D eigenvalue weighted by Gasteiger charge is -2.28. The van der Waals surface area contributed by atoms with Gasteiger partial charge in [-0.2, -0.15) is 0 Å². The number of hydrogen-bond acceptors (Lipinski definition) is 4. The van der Waals surface area contributed by atoms with Gasteiger partial charge in [-0.05, 0) is 12.5 Å². The quantitative estimate of drug-likeness (QED) is 0.827. The Labute approximate surface area is 107 Å². The van der Waals surface area contributed by atoms with E-state index in [1.54, 1.807) is 0 Å². The first-order valence-electron chi connectivity index (χ1n) is 6.22. The summed E-state index contributed by atoms with van der Waals surface area (Å²) < 4.78 is 11.1. The minimum atomic E-state index is -0.393. The lowest BCUT2D eigenvalue weighted by molar-refractivity contribution is -0.143. The molecule has 1 N–H and O–H groups in total. The molecule has 1 aromatic carbocycles. The van der Waals surface area contributed by atoms with Gasteiger partial charge < -0.3 is 9.47 Å². The van der Waals surface area contributed by atoms with Crippen molar-refractivity contribution in [2.75, 3.05) is 13.2 Å². The highest BCUT2D eigenvalue weighted by molar-refractivity contribution is 5.65.